The average molecular weight is 298 g/mol. The third kappa shape index (κ3) is 1.89. The average Bonchev–Trinajstić information content (AvgIpc) is 2.93. The van der Waals surface area contributed by atoms with Crippen LogP contribution in [0.4, 0.5) is 5.95 Å². The number of hydrogen-bond acceptors (Lipinski definition) is 9. The number of anilines is 1. The highest BCUT2D eigenvalue weighted by molar-refractivity contribution is 7.59. The number of imidazole rings is 1. The van der Waals surface area contributed by atoms with Gasteiger partial charge in [0.05, 0.1) is 12.9 Å². The molecule has 108 valence electrons. The summed E-state index contributed by atoms with van der Waals surface area (Å²) in [7, 11) is 0. The molecular weight excluding hydrogens is 286 g/mol. The molecule has 1 aliphatic heterocycles. The quantitative estimate of drug-likeness (QED) is 0.363. The summed E-state index contributed by atoms with van der Waals surface area (Å²) in [6, 6.07) is 0. The Morgan fingerprint density at radius 2 is 2.10 bits per heavy atom. The highest BCUT2D eigenvalue weighted by atomic mass is 32.1. The van der Waals surface area contributed by atoms with E-state index in [4.69, 9.17) is 28.2 Å². The lowest BCUT2D eigenvalue weighted by molar-refractivity contribution is -0.0511. The summed E-state index contributed by atoms with van der Waals surface area (Å²) in [4.78, 5) is 11.9. The molecule has 4 atom stereocenters. The van der Waals surface area contributed by atoms with Crippen LogP contribution >= 0.6 is 0 Å². The van der Waals surface area contributed by atoms with E-state index in [0.717, 1.165) is 0 Å². The number of fused-ring (bicyclic) bond motifs is 1. The van der Waals surface area contributed by atoms with E-state index in [1.165, 1.54) is 10.9 Å². The Balaban J connectivity index is 2.07. The molecule has 0 spiro atoms. The molecule has 20 heavy (non-hydrogen) atoms. The van der Waals surface area contributed by atoms with Gasteiger partial charge in [-0.05, 0) is 5.03 Å². The van der Waals surface area contributed by atoms with Crippen LogP contribution in [0.25, 0.3) is 11.2 Å². The smallest absolute Gasteiger partial charge is 0.220 e. The summed E-state index contributed by atoms with van der Waals surface area (Å²) in [6.07, 6.45) is -2.88. The topological polar surface area (TPSA) is 140 Å². The molecule has 10 heteroatoms. The van der Waals surface area contributed by atoms with Crippen molar-refractivity contribution in [2.24, 2.45) is 0 Å². The molecule has 0 aliphatic carbocycles. The van der Waals surface area contributed by atoms with E-state index in [1.54, 1.807) is 0 Å². The van der Waals surface area contributed by atoms with Gasteiger partial charge in [-0.3, -0.25) is 4.57 Å². The van der Waals surface area contributed by atoms with Gasteiger partial charge < -0.3 is 38.4 Å². The third-order valence-electron chi connectivity index (χ3n) is 3.20. The van der Waals surface area contributed by atoms with Gasteiger partial charge in [0, 0.05) is 0 Å². The van der Waals surface area contributed by atoms with Gasteiger partial charge in [0.25, 0.3) is 0 Å². The Labute approximate surface area is 118 Å². The van der Waals surface area contributed by atoms with Crippen molar-refractivity contribution >= 4 is 29.7 Å². The van der Waals surface area contributed by atoms with Gasteiger partial charge in [-0.1, -0.05) is 0 Å². The van der Waals surface area contributed by atoms with Crippen molar-refractivity contribution in [1.29, 1.82) is 0 Å². The second-order valence-electron chi connectivity index (χ2n) is 4.44. The zero-order valence-corrected chi connectivity index (χ0v) is 10.9. The molecule has 9 nitrogen and oxygen atoms in total. The lowest BCUT2D eigenvalue weighted by atomic mass is 10.1. The highest BCUT2D eigenvalue weighted by Gasteiger charge is 2.43. The number of ether oxygens (including phenoxy) is 1. The molecule has 1 aliphatic rings. The van der Waals surface area contributed by atoms with E-state index in [2.05, 4.69) is 15.0 Å². The van der Waals surface area contributed by atoms with Crippen LogP contribution in [-0.4, -0.2) is 59.8 Å². The van der Waals surface area contributed by atoms with Crippen molar-refractivity contribution in [3.63, 3.8) is 0 Å². The summed E-state index contributed by atoms with van der Waals surface area (Å²) >= 11 is 5.03. The van der Waals surface area contributed by atoms with Crippen LogP contribution in [0, 0.1) is 0 Å². The van der Waals surface area contributed by atoms with Crippen molar-refractivity contribution < 1.29 is 20.1 Å². The fraction of sp³-hybridized carbons (Fsp3) is 0.500. The van der Waals surface area contributed by atoms with Crippen LogP contribution in [-0.2, 0) is 17.4 Å². The first-order chi connectivity index (χ1) is 9.52. The van der Waals surface area contributed by atoms with E-state index >= 15 is 0 Å². The van der Waals surface area contributed by atoms with Crippen molar-refractivity contribution in [2.75, 3.05) is 12.3 Å². The lowest BCUT2D eigenvalue weighted by Gasteiger charge is -2.17. The SMILES string of the molecule is Nc1nc([S-])c2ncn([C@@H]3O[C@@H](CO)[C@@H](O)[C@H]3O)c2n1. The minimum absolute atomic E-state index is 0.0176. The van der Waals surface area contributed by atoms with Crippen molar-refractivity contribution in [3.8, 4) is 0 Å². The van der Waals surface area contributed by atoms with Gasteiger partial charge in [-0.25, -0.2) is 9.97 Å². The summed E-state index contributed by atoms with van der Waals surface area (Å²) in [5.74, 6) is -0.0176. The second-order valence-corrected chi connectivity index (χ2v) is 4.83. The fourth-order valence-electron chi connectivity index (χ4n) is 2.20. The first kappa shape index (κ1) is 13.4. The number of aliphatic hydroxyl groups excluding tert-OH is 3. The maximum atomic E-state index is 9.99. The number of aliphatic hydroxyl groups is 3. The molecule has 1 fully saturated rings. The highest BCUT2D eigenvalue weighted by Crippen LogP contribution is 2.31. The minimum atomic E-state index is -1.23. The molecule has 3 heterocycles. The lowest BCUT2D eigenvalue weighted by Crippen LogP contribution is -2.33. The fourth-order valence-corrected chi connectivity index (χ4v) is 2.44. The standard InChI is InChI=1S/C10H13N5O4S/c11-10-13-7-4(8(20)14-10)12-2-15(7)9-6(18)5(17)3(1-16)19-9/h2-3,5-6,9,16-18H,1H2,(H3,11,13,14,20)/p-1/t3-,5+,6+,9+/m0/s1. The largest absolute Gasteiger partial charge is 0.758 e. The Hall–Kier alpha value is -1.59. The molecule has 0 radical (unpaired) electrons. The number of hydrogen-bond donors (Lipinski definition) is 4. The van der Waals surface area contributed by atoms with Gasteiger partial charge in [0.1, 0.15) is 23.8 Å². The van der Waals surface area contributed by atoms with Crippen molar-refractivity contribution in [1.82, 2.24) is 19.5 Å². The Morgan fingerprint density at radius 1 is 1.35 bits per heavy atom. The maximum Gasteiger partial charge on any atom is 0.220 e. The van der Waals surface area contributed by atoms with Crippen LogP contribution in [0.1, 0.15) is 6.23 Å². The van der Waals surface area contributed by atoms with Crippen LogP contribution in [0.15, 0.2) is 11.4 Å². The third-order valence-corrected chi connectivity index (χ3v) is 3.48. The van der Waals surface area contributed by atoms with E-state index in [-0.39, 0.29) is 11.0 Å². The molecule has 3 rings (SSSR count). The van der Waals surface area contributed by atoms with E-state index in [1.807, 2.05) is 0 Å². The zero-order chi connectivity index (χ0) is 14.4. The molecule has 2 aromatic rings. The normalized spacial score (nSPS) is 30.1. The van der Waals surface area contributed by atoms with Gasteiger partial charge in [-0.15, -0.1) is 0 Å². The molecule has 2 aromatic heterocycles. The number of nitrogens with two attached hydrogens (primary N) is 1. The summed E-state index contributed by atoms with van der Waals surface area (Å²) < 4.78 is 6.81. The Kier molecular flexibility index (Phi) is 3.18. The number of aromatic nitrogens is 4. The summed E-state index contributed by atoms with van der Waals surface area (Å²) in [5, 5.41) is 29.0. The Bertz CT molecular complexity index is 650. The molecule has 0 aromatic carbocycles. The van der Waals surface area contributed by atoms with Gasteiger partial charge >= 0.3 is 0 Å². The predicted molar refractivity (Wildman–Crippen MR) is 68.4 cm³/mol. The van der Waals surface area contributed by atoms with E-state index < -0.39 is 31.1 Å². The molecule has 0 saturated carbocycles. The molecule has 0 bridgehead atoms. The van der Waals surface area contributed by atoms with Gasteiger partial charge in [0.15, 0.2) is 11.9 Å². The van der Waals surface area contributed by atoms with Crippen molar-refractivity contribution in [3.05, 3.63) is 6.33 Å². The van der Waals surface area contributed by atoms with E-state index in [9.17, 15) is 10.2 Å². The summed E-state index contributed by atoms with van der Waals surface area (Å²) in [6.45, 7) is -0.412. The van der Waals surface area contributed by atoms with Crippen LogP contribution in [0.3, 0.4) is 0 Å². The molecule has 1 saturated heterocycles. The Morgan fingerprint density at radius 3 is 2.75 bits per heavy atom. The van der Waals surface area contributed by atoms with E-state index in [0.29, 0.717) is 11.2 Å². The van der Waals surface area contributed by atoms with Crippen molar-refractivity contribution in [2.45, 2.75) is 29.6 Å². The monoisotopic (exact) mass is 298 g/mol. The number of nitrogens with zero attached hydrogens (tertiary/aromatic N) is 4. The van der Waals surface area contributed by atoms with Crippen LogP contribution < -0.4 is 5.73 Å². The first-order valence-electron chi connectivity index (χ1n) is 5.82. The number of nitrogen functional groups attached to an aromatic ring is 1. The predicted octanol–water partition coefficient (Wildman–Crippen LogP) is -2.07. The number of rotatable bonds is 2. The molecule has 5 N–H and O–H groups in total. The van der Waals surface area contributed by atoms with Crippen LogP contribution in [0.2, 0.25) is 0 Å². The molecule has 0 amide bonds. The van der Waals surface area contributed by atoms with Gasteiger partial charge in [0.2, 0.25) is 5.95 Å². The second kappa shape index (κ2) is 4.75. The minimum Gasteiger partial charge on any atom is -0.758 e. The summed E-state index contributed by atoms with van der Waals surface area (Å²) in [5.41, 5.74) is 6.20. The van der Waals surface area contributed by atoms with Gasteiger partial charge in [-0.2, -0.15) is 4.98 Å². The first-order valence-corrected chi connectivity index (χ1v) is 6.23. The van der Waals surface area contributed by atoms with Crippen LogP contribution in [0.5, 0.6) is 0 Å². The maximum absolute atomic E-state index is 9.99. The molecular formula is C10H12N5O4S-. The zero-order valence-electron chi connectivity index (χ0n) is 10.1. The molecule has 0 unspecified atom stereocenters.